The maximum atomic E-state index is 12.2. The number of nitrogens with zero attached hydrogens (tertiary/aromatic N) is 1. The van der Waals surface area contributed by atoms with Crippen molar-refractivity contribution in [2.24, 2.45) is 0 Å². The molecule has 0 unspecified atom stereocenters. The van der Waals surface area contributed by atoms with Gasteiger partial charge in [0.15, 0.2) is 0 Å². The van der Waals surface area contributed by atoms with Crippen LogP contribution >= 0.6 is 11.6 Å². The highest BCUT2D eigenvalue weighted by molar-refractivity contribution is 6.32. The molecule has 2 aromatic carbocycles. The summed E-state index contributed by atoms with van der Waals surface area (Å²) in [7, 11) is 0. The second-order valence-electron chi connectivity index (χ2n) is 7.04. The molecule has 7 heteroatoms. The molecule has 2 N–H and O–H groups in total. The fourth-order valence-corrected chi connectivity index (χ4v) is 3.43. The van der Waals surface area contributed by atoms with E-state index in [1.54, 1.807) is 18.2 Å². The Morgan fingerprint density at radius 2 is 2.03 bits per heavy atom. The monoisotopic (exact) mass is 415 g/mol. The number of ether oxygens (including phenoxy) is 1. The summed E-state index contributed by atoms with van der Waals surface area (Å²) in [6.07, 6.45) is 2.46. The summed E-state index contributed by atoms with van der Waals surface area (Å²) < 4.78 is 5.53. The first kappa shape index (κ1) is 21.0. The number of benzene rings is 2. The molecule has 3 rings (SSSR count). The zero-order valence-corrected chi connectivity index (χ0v) is 17.3. The summed E-state index contributed by atoms with van der Waals surface area (Å²) in [5.74, 6) is 0.811. The fraction of sp³-hybridized carbons (Fsp3) is 0.364. The van der Waals surface area contributed by atoms with Gasteiger partial charge in [0.05, 0.1) is 11.6 Å². The molecule has 1 fully saturated rings. The van der Waals surface area contributed by atoms with Gasteiger partial charge in [0.25, 0.3) is 0 Å². The maximum absolute atomic E-state index is 12.2. The molecule has 154 valence electrons. The Morgan fingerprint density at radius 1 is 1.21 bits per heavy atom. The molecule has 6 nitrogen and oxygen atoms in total. The van der Waals surface area contributed by atoms with Crippen molar-refractivity contribution < 1.29 is 14.3 Å². The number of likely N-dealkylation sites (tertiary alicyclic amines) is 1. The first-order chi connectivity index (χ1) is 14.0. The molecule has 0 spiro atoms. The van der Waals surface area contributed by atoms with Gasteiger partial charge in [-0.25, -0.2) is 4.79 Å². The molecule has 0 atom stereocenters. The lowest BCUT2D eigenvalue weighted by Gasteiger charge is -2.16. The number of halogens is 1. The highest BCUT2D eigenvalue weighted by atomic mass is 35.5. The van der Waals surface area contributed by atoms with Gasteiger partial charge in [0, 0.05) is 31.7 Å². The van der Waals surface area contributed by atoms with Crippen LogP contribution in [0.2, 0.25) is 5.02 Å². The summed E-state index contributed by atoms with van der Waals surface area (Å²) in [5.41, 5.74) is 2.64. The van der Waals surface area contributed by atoms with Gasteiger partial charge >= 0.3 is 6.03 Å². The van der Waals surface area contributed by atoms with E-state index < -0.39 is 0 Å². The molecule has 3 amide bonds. The number of hydrogen-bond donors (Lipinski definition) is 2. The first-order valence-corrected chi connectivity index (χ1v) is 10.3. The van der Waals surface area contributed by atoms with Crippen molar-refractivity contribution in [3.8, 4) is 5.75 Å². The SMILES string of the molecule is CCCOc1ccc(NC(=O)NCc2cccc(CN3CCCC3=O)c2)cc1Cl. The molecule has 1 aliphatic heterocycles. The van der Waals surface area contributed by atoms with Crippen LogP contribution in [0.15, 0.2) is 42.5 Å². The number of amides is 3. The summed E-state index contributed by atoms with van der Waals surface area (Å²) in [6.45, 7) is 4.44. The van der Waals surface area contributed by atoms with E-state index in [2.05, 4.69) is 10.6 Å². The fourth-order valence-electron chi connectivity index (χ4n) is 3.19. The number of rotatable bonds is 8. The highest BCUT2D eigenvalue weighted by Gasteiger charge is 2.19. The third kappa shape index (κ3) is 6.12. The van der Waals surface area contributed by atoms with E-state index in [-0.39, 0.29) is 11.9 Å². The van der Waals surface area contributed by atoms with Crippen LogP contribution < -0.4 is 15.4 Å². The predicted octanol–water partition coefficient (Wildman–Crippen LogP) is 4.57. The van der Waals surface area contributed by atoms with Crippen LogP contribution in [0.4, 0.5) is 10.5 Å². The van der Waals surface area contributed by atoms with Crippen molar-refractivity contribution in [1.82, 2.24) is 10.2 Å². The third-order valence-electron chi connectivity index (χ3n) is 4.64. The Morgan fingerprint density at radius 3 is 2.76 bits per heavy atom. The van der Waals surface area contributed by atoms with Crippen molar-refractivity contribution in [2.75, 3.05) is 18.5 Å². The quantitative estimate of drug-likeness (QED) is 0.663. The molecular formula is C22H26ClN3O3. The van der Waals surface area contributed by atoms with E-state index in [0.29, 0.717) is 42.6 Å². The molecule has 0 bridgehead atoms. The number of hydrogen-bond acceptors (Lipinski definition) is 3. The molecule has 0 saturated carbocycles. The van der Waals surface area contributed by atoms with Gasteiger partial charge in [-0.3, -0.25) is 4.79 Å². The molecule has 1 aliphatic rings. The second kappa shape index (κ2) is 10.2. The Hall–Kier alpha value is -2.73. The number of carbonyl (C=O) groups is 2. The van der Waals surface area contributed by atoms with Crippen molar-refractivity contribution in [1.29, 1.82) is 0 Å². The van der Waals surface area contributed by atoms with E-state index >= 15 is 0 Å². The number of carbonyl (C=O) groups excluding carboxylic acids is 2. The lowest BCUT2D eigenvalue weighted by atomic mass is 10.1. The van der Waals surface area contributed by atoms with E-state index in [0.717, 1.165) is 30.5 Å². The summed E-state index contributed by atoms with van der Waals surface area (Å²) in [4.78, 5) is 25.9. The number of anilines is 1. The van der Waals surface area contributed by atoms with E-state index in [1.807, 2.05) is 36.1 Å². The second-order valence-corrected chi connectivity index (χ2v) is 7.45. The predicted molar refractivity (Wildman–Crippen MR) is 114 cm³/mol. The van der Waals surface area contributed by atoms with Crippen molar-refractivity contribution in [3.63, 3.8) is 0 Å². The molecular weight excluding hydrogens is 390 g/mol. The van der Waals surface area contributed by atoms with Crippen molar-refractivity contribution >= 4 is 29.2 Å². The van der Waals surface area contributed by atoms with Crippen LogP contribution in [0.25, 0.3) is 0 Å². The Balaban J connectivity index is 1.51. The molecule has 1 heterocycles. The van der Waals surface area contributed by atoms with Crippen LogP contribution in [-0.4, -0.2) is 30.0 Å². The van der Waals surface area contributed by atoms with Gasteiger partial charge in [0.1, 0.15) is 5.75 Å². The highest BCUT2D eigenvalue weighted by Crippen LogP contribution is 2.27. The van der Waals surface area contributed by atoms with Gasteiger partial charge in [-0.1, -0.05) is 42.8 Å². The molecule has 2 aromatic rings. The lowest BCUT2D eigenvalue weighted by molar-refractivity contribution is -0.128. The van der Waals surface area contributed by atoms with E-state index in [1.165, 1.54) is 0 Å². The standard InChI is InChI=1S/C22H26ClN3O3/c1-2-11-29-20-9-8-18(13-19(20)23)25-22(28)24-14-16-5-3-6-17(12-16)15-26-10-4-7-21(26)27/h3,5-6,8-9,12-13H,2,4,7,10-11,14-15H2,1H3,(H2,24,25,28). The van der Waals surface area contributed by atoms with Gasteiger partial charge in [-0.2, -0.15) is 0 Å². The van der Waals surface area contributed by atoms with Gasteiger partial charge in [-0.05, 0) is 42.2 Å². The van der Waals surface area contributed by atoms with Crippen LogP contribution in [0.3, 0.4) is 0 Å². The minimum absolute atomic E-state index is 0.206. The zero-order chi connectivity index (χ0) is 20.6. The first-order valence-electron chi connectivity index (χ1n) is 9.88. The Bertz CT molecular complexity index is 872. The summed E-state index contributed by atoms with van der Waals surface area (Å²) in [5, 5.41) is 6.07. The van der Waals surface area contributed by atoms with Gasteiger partial charge < -0.3 is 20.3 Å². The summed E-state index contributed by atoms with van der Waals surface area (Å²) >= 11 is 6.19. The van der Waals surface area contributed by atoms with Crippen LogP contribution in [0, 0.1) is 0 Å². The lowest BCUT2D eigenvalue weighted by Crippen LogP contribution is -2.28. The van der Waals surface area contributed by atoms with E-state index in [4.69, 9.17) is 16.3 Å². The van der Waals surface area contributed by atoms with E-state index in [9.17, 15) is 9.59 Å². The van der Waals surface area contributed by atoms with Crippen LogP contribution in [0.1, 0.15) is 37.3 Å². The molecule has 29 heavy (non-hydrogen) atoms. The van der Waals surface area contributed by atoms with Gasteiger partial charge in [-0.15, -0.1) is 0 Å². The zero-order valence-electron chi connectivity index (χ0n) is 16.5. The maximum Gasteiger partial charge on any atom is 0.319 e. The smallest absolute Gasteiger partial charge is 0.319 e. The van der Waals surface area contributed by atoms with Crippen LogP contribution in [-0.2, 0) is 17.9 Å². The average Bonchev–Trinajstić information content (AvgIpc) is 3.10. The minimum Gasteiger partial charge on any atom is -0.492 e. The molecule has 0 aliphatic carbocycles. The van der Waals surface area contributed by atoms with Crippen LogP contribution in [0.5, 0.6) is 5.75 Å². The third-order valence-corrected chi connectivity index (χ3v) is 4.94. The number of urea groups is 1. The molecule has 0 radical (unpaired) electrons. The number of nitrogens with one attached hydrogen (secondary N) is 2. The molecule has 0 aromatic heterocycles. The molecule has 1 saturated heterocycles. The summed E-state index contributed by atoms with van der Waals surface area (Å²) in [6, 6.07) is 12.8. The normalized spacial score (nSPS) is 13.4. The topological polar surface area (TPSA) is 70.7 Å². The van der Waals surface area contributed by atoms with Crippen molar-refractivity contribution in [2.45, 2.75) is 39.3 Å². The van der Waals surface area contributed by atoms with Crippen molar-refractivity contribution in [3.05, 3.63) is 58.6 Å². The Labute approximate surface area is 176 Å². The largest absolute Gasteiger partial charge is 0.492 e. The Kier molecular flexibility index (Phi) is 7.36. The minimum atomic E-state index is -0.316. The van der Waals surface area contributed by atoms with Gasteiger partial charge in [0.2, 0.25) is 5.91 Å². The average molecular weight is 416 g/mol.